The lowest BCUT2D eigenvalue weighted by molar-refractivity contribution is 0.0956. The minimum atomic E-state index is 0.100. The predicted octanol–water partition coefficient (Wildman–Crippen LogP) is 3.20. The van der Waals surface area contributed by atoms with Crippen molar-refractivity contribution in [3.05, 3.63) is 34.9 Å². The van der Waals surface area contributed by atoms with Gasteiger partial charge < -0.3 is 10.6 Å². The van der Waals surface area contributed by atoms with Crippen molar-refractivity contribution in [3.8, 4) is 0 Å². The van der Waals surface area contributed by atoms with E-state index in [1.807, 2.05) is 0 Å². The van der Waals surface area contributed by atoms with E-state index in [2.05, 4.69) is 35.8 Å². The van der Waals surface area contributed by atoms with Crippen LogP contribution in [0.2, 0.25) is 0 Å². The van der Waals surface area contributed by atoms with Crippen LogP contribution in [0, 0.1) is 5.92 Å². The lowest BCUT2D eigenvalue weighted by atomic mass is 9.79. The minimum Gasteiger partial charge on any atom is -0.352 e. The fourth-order valence-corrected chi connectivity index (χ4v) is 3.46. The third kappa shape index (κ3) is 3.29. The van der Waals surface area contributed by atoms with Gasteiger partial charge in [-0.3, -0.25) is 4.79 Å². The summed E-state index contributed by atoms with van der Waals surface area (Å²) in [6.07, 6.45) is 7.37. The third-order valence-corrected chi connectivity index (χ3v) is 4.93. The molecule has 3 rings (SSSR count). The number of nitrogens with one attached hydrogen (secondary N) is 2. The van der Waals surface area contributed by atoms with Gasteiger partial charge in [0.1, 0.15) is 0 Å². The van der Waals surface area contributed by atoms with E-state index in [0.29, 0.717) is 6.04 Å². The van der Waals surface area contributed by atoms with E-state index in [4.69, 9.17) is 0 Å². The number of carbonyl (C=O) groups excluding carboxylic acids is 1. The van der Waals surface area contributed by atoms with Gasteiger partial charge in [0.05, 0.1) is 0 Å². The second-order valence-electron chi connectivity index (χ2n) is 6.42. The normalized spacial score (nSPS) is 20.1. The van der Waals surface area contributed by atoms with Gasteiger partial charge in [-0.25, -0.2) is 0 Å². The highest BCUT2D eigenvalue weighted by molar-refractivity contribution is 5.96. The van der Waals surface area contributed by atoms with Crippen molar-refractivity contribution in [1.82, 2.24) is 10.6 Å². The molecule has 0 bridgehead atoms. The Morgan fingerprint density at radius 2 is 2.19 bits per heavy atom. The topological polar surface area (TPSA) is 41.1 Å². The lowest BCUT2D eigenvalue weighted by Crippen LogP contribution is -2.27. The first-order valence-corrected chi connectivity index (χ1v) is 8.42. The Morgan fingerprint density at radius 3 is 2.90 bits per heavy atom. The number of hydrogen-bond donors (Lipinski definition) is 2. The molecule has 0 aromatic heterocycles. The summed E-state index contributed by atoms with van der Waals surface area (Å²) in [6, 6.07) is 6.91. The van der Waals surface area contributed by atoms with Gasteiger partial charge in [-0.2, -0.15) is 0 Å². The van der Waals surface area contributed by atoms with Gasteiger partial charge in [0, 0.05) is 18.2 Å². The van der Waals surface area contributed by atoms with Gasteiger partial charge in [0.2, 0.25) is 0 Å². The molecule has 1 aromatic rings. The molecular formula is C18H26N2O. The summed E-state index contributed by atoms with van der Waals surface area (Å²) in [7, 11) is 0. The molecule has 1 saturated carbocycles. The van der Waals surface area contributed by atoms with Gasteiger partial charge in [-0.1, -0.05) is 38.3 Å². The average molecular weight is 286 g/mol. The number of aryl methyl sites for hydroxylation is 1. The Morgan fingerprint density at radius 1 is 1.33 bits per heavy atom. The molecule has 1 atom stereocenters. The summed E-state index contributed by atoms with van der Waals surface area (Å²) in [5.74, 6) is 0.963. The number of fused-ring (bicyclic) bond motifs is 1. The molecule has 114 valence electrons. The average Bonchev–Trinajstić information content (AvgIpc) is 2.63. The molecule has 2 N–H and O–H groups in total. The van der Waals surface area contributed by atoms with Crippen molar-refractivity contribution >= 4 is 5.91 Å². The Labute approximate surface area is 127 Å². The summed E-state index contributed by atoms with van der Waals surface area (Å²) in [5.41, 5.74) is 3.37. The summed E-state index contributed by atoms with van der Waals surface area (Å²) in [4.78, 5) is 12.2. The highest BCUT2D eigenvalue weighted by Gasteiger charge is 2.24. The zero-order chi connectivity index (χ0) is 14.7. The first-order valence-electron chi connectivity index (χ1n) is 8.42. The molecule has 1 aromatic carbocycles. The minimum absolute atomic E-state index is 0.100. The van der Waals surface area contributed by atoms with Crippen LogP contribution in [-0.2, 0) is 6.42 Å². The van der Waals surface area contributed by atoms with Crippen LogP contribution >= 0.6 is 0 Å². The van der Waals surface area contributed by atoms with Crippen LogP contribution in [0.5, 0.6) is 0 Å². The van der Waals surface area contributed by atoms with Crippen molar-refractivity contribution in [2.24, 2.45) is 5.92 Å². The first-order chi connectivity index (χ1) is 10.3. The van der Waals surface area contributed by atoms with Crippen molar-refractivity contribution < 1.29 is 4.79 Å². The molecule has 2 aliphatic rings. The van der Waals surface area contributed by atoms with E-state index in [1.54, 1.807) is 0 Å². The van der Waals surface area contributed by atoms with Crippen LogP contribution in [0.25, 0.3) is 0 Å². The fraction of sp³-hybridized carbons (Fsp3) is 0.611. The fourth-order valence-electron chi connectivity index (χ4n) is 3.46. The second kappa shape index (κ2) is 6.61. The highest BCUT2D eigenvalue weighted by atomic mass is 16.1. The Hall–Kier alpha value is -1.35. The maximum atomic E-state index is 12.2. The molecule has 1 aliphatic carbocycles. The largest absolute Gasteiger partial charge is 0.352 e. The Bertz CT molecular complexity index is 508. The van der Waals surface area contributed by atoms with E-state index in [1.165, 1.54) is 36.8 Å². The molecule has 1 heterocycles. The van der Waals surface area contributed by atoms with Crippen LogP contribution < -0.4 is 10.6 Å². The Kier molecular flexibility index (Phi) is 4.59. The van der Waals surface area contributed by atoms with Crippen molar-refractivity contribution in [1.29, 1.82) is 0 Å². The highest BCUT2D eigenvalue weighted by Crippen LogP contribution is 2.35. The SMILES string of the molecule is CCNC(CC1CCC1)c1ccc2c(c1)C(=O)NCCC2. The molecule has 1 unspecified atom stereocenters. The quantitative estimate of drug-likeness (QED) is 0.872. The standard InChI is InChI=1S/C18H26N2O/c1-2-19-17(11-13-5-3-6-13)15-9-8-14-7-4-10-20-18(21)16(14)12-15/h8-9,12-13,17,19H,2-7,10-11H2,1H3,(H,20,21). The zero-order valence-corrected chi connectivity index (χ0v) is 13.0. The van der Waals surface area contributed by atoms with E-state index < -0.39 is 0 Å². The number of amides is 1. The number of benzene rings is 1. The molecule has 1 aliphatic heterocycles. The third-order valence-electron chi connectivity index (χ3n) is 4.93. The van der Waals surface area contributed by atoms with E-state index in [-0.39, 0.29) is 5.91 Å². The lowest BCUT2D eigenvalue weighted by Gasteiger charge is -2.30. The van der Waals surface area contributed by atoms with Crippen molar-refractivity contribution in [2.75, 3.05) is 13.1 Å². The van der Waals surface area contributed by atoms with Crippen LogP contribution in [0.4, 0.5) is 0 Å². The monoisotopic (exact) mass is 286 g/mol. The predicted molar refractivity (Wildman–Crippen MR) is 85.5 cm³/mol. The van der Waals surface area contributed by atoms with Crippen LogP contribution in [-0.4, -0.2) is 19.0 Å². The van der Waals surface area contributed by atoms with Crippen LogP contribution in [0.3, 0.4) is 0 Å². The van der Waals surface area contributed by atoms with Gasteiger partial charge >= 0.3 is 0 Å². The number of hydrogen-bond acceptors (Lipinski definition) is 2. The van der Waals surface area contributed by atoms with Gasteiger partial charge in [-0.05, 0) is 48.9 Å². The Balaban J connectivity index is 1.83. The summed E-state index contributed by atoms with van der Waals surface area (Å²) < 4.78 is 0. The number of rotatable bonds is 5. The molecule has 0 spiro atoms. The number of carbonyl (C=O) groups is 1. The molecule has 21 heavy (non-hydrogen) atoms. The summed E-state index contributed by atoms with van der Waals surface area (Å²) in [5, 5.41) is 6.61. The molecule has 1 amide bonds. The van der Waals surface area contributed by atoms with Gasteiger partial charge in [-0.15, -0.1) is 0 Å². The van der Waals surface area contributed by atoms with Gasteiger partial charge in [0.25, 0.3) is 5.91 Å². The second-order valence-corrected chi connectivity index (χ2v) is 6.42. The van der Waals surface area contributed by atoms with Crippen LogP contribution in [0.15, 0.2) is 18.2 Å². The van der Waals surface area contributed by atoms with E-state index in [0.717, 1.165) is 37.4 Å². The summed E-state index contributed by atoms with van der Waals surface area (Å²) in [6.45, 7) is 3.92. The van der Waals surface area contributed by atoms with Crippen molar-refractivity contribution in [2.45, 2.75) is 51.5 Å². The molecule has 3 heteroatoms. The first kappa shape index (κ1) is 14.6. The van der Waals surface area contributed by atoms with E-state index in [9.17, 15) is 4.79 Å². The molecule has 1 fully saturated rings. The molecular weight excluding hydrogens is 260 g/mol. The summed E-state index contributed by atoms with van der Waals surface area (Å²) >= 11 is 0. The maximum absolute atomic E-state index is 12.2. The molecule has 0 saturated heterocycles. The molecule has 0 radical (unpaired) electrons. The molecule has 3 nitrogen and oxygen atoms in total. The van der Waals surface area contributed by atoms with Crippen LogP contribution in [0.1, 0.15) is 66.6 Å². The smallest absolute Gasteiger partial charge is 0.251 e. The van der Waals surface area contributed by atoms with E-state index >= 15 is 0 Å². The zero-order valence-electron chi connectivity index (χ0n) is 13.0. The van der Waals surface area contributed by atoms with Gasteiger partial charge in [0.15, 0.2) is 0 Å². The maximum Gasteiger partial charge on any atom is 0.251 e. The van der Waals surface area contributed by atoms with Crippen molar-refractivity contribution in [3.63, 3.8) is 0 Å².